The summed E-state index contributed by atoms with van der Waals surface area (Å²) >= 11 is 0. The van der Waals surface area contributed by atoms with Crippen LogP contribution in [0.1, 0.15) is 34.7 Å². The van der Waals surface area contributed by atoms with Gasteiger partial charge in [-0.05, 0) is 45.0 Å². The molecule has 3 rings (SSSR count). The first-order valence-corrected chi connectivity index (χ1v) is 7.89. The lowest BCUT2D eigenvalue weighted by Crippen LogP contribution is -2.03. The molecule has 0 spiro atoms. The van der Waals surface area contributed by atoms with Gasteiger partial charge in [0.15, 0.2) is 11.6 Å². The van der Waals surface area contributed by atoms with Crippen LogP contribution in [-0.2, 0) is 4.74 Å². The number of hydrogen-bond donors (Lipinski definition) is 0. The number of aromatic nitrogens is 3. The lowest BCUT2D eigenvalue weighted by molar-refractivity contribution is 0.0526. The number of rotatable bonds is 5. The van der Waals surface area contributed by atoms with Crippen molar-refractivity contribution in [3.8, 4) is 11.3 Å². The minimum absolute atomic E-state index is 0.332. The zero-order valence-corrected chi connectivity index (χ0v) is 14.3. The Hall–Kier alpha value is -3.22. The molecule has 2 aromatic heterocycles. The molecule has 0 unspecified atom stereocenters. The average molecular weight is 338 g/mol. The third kappa shape index (κ3) is 3.65. The van der Waals surface area contributed by atoms with Gasteiger partial charge >= 0.3 is 5.97 Å². The highest BCUT2D eigenvalue weighted by Crippen LogP contribution is 2.22. The maximum absolute atomic E-state index is 11.7. The quantitative estimate of drug-likeness (QED) is 0.527. The van der Waals surface area contributed by atoms with Gasteiger partial charge in [-0.2, -0.15) is 5.10 Å². The fraction of sp³-hybridized carbons (Fsp3) is 0.222. The molecule has 7 nitrogen and oxygen atoms in total. The summed E-state index contributed by atoms with van der Waals surface area (Å²) in [5, 5.41) is 12.2. The van der Waals surface area contributed by atoms with Gasteiger partial charge in [-0.25, -0.2) is 9.47 Å². The van der Waals surface area contributed by atoms with Crippen molar-refractivity contribution in [2.75, 3.05) is 6.61 Å². The molecule has 0 fully saturated rings. The monoisotopic (exact) mass is 338 g/mol. The fourth-order valence-electron chi connectivity index (χ4n) is 2.31. The Kier molecular flexibility index (Phi) is 4.74. The van der Waals surface area contributed by atoms with Gasteiger partial charge in [0.1, 0.15) is 11.5 Å². The Balaban J connectivity index is 1.76. The molecule has 0 aliphatic carbocycles. The van der Waals surface area contributed by atoms with Crippen LogP contribution in [0.5, 0.6) is 0 Å². The molecule has 25 heavy (non-hydrogen) atoms. The molecular weight excluding hydrogens is 320 g/mol. The van der Waals surface area contributed by atoms with Crippen molar-refractivity contribution < 1.29 is 13.9 Å². The Morgan fingerprint density at radius 2 is 1.84 bits per heavy atom. The number of carbonyl (C=O) groups is 1. The summed E-state index contributed by atoms with van der Waals surface area (Å²) < 4.78 is 12.4. The molecule has 1 aromatic carbocycles. The SMILES string of the molecule is CCOC(=O)c1ccc(-c2ccc(/C=N\n3c(C)nnc3C)o2)cc1. The molecule has 0 radical (unpaired) electrons. The number of furan rings is 1. The van der Waals surface area contributed by atoms with Crippen molar-refractivity contribution in [2.24, 2.45) is 5.10 Å². The first-order chi connectivity index (χ1) is 12.1. The minimum atomic E-state index is -0.332. The second-order valence-corrected chi connectivity index (χ2v) is 5.35. The summed E-state index contributed by atoms with van der Waals surface area (Å²) in [5.41, 5.74) is 1.38. The maximum atomic E-state index is 11.7. The molecule has 0 aliphatic heterocycles. The zero-order valence-electron chi connectivity index (χ0n) is 14.3. The summed E-state index contributed by atoms with van der Waals surface area (Å²) in [5.74, 6) is 2.37. The molecule has 0 aliphatic rings. The van der Waals surface area contributed by atoms with E-state index in [0.29, 0.717) is 35.3 Å². The molecule has 0 atom stereocenters. The first-order valence-electron chi connectivity index (χ1n) is 7.89. The van der Waals surface area contributed by atoms with Crippen LogP contribution < -0.4 is 0 Å². The van der Waals surface area contributed by atoms with E-state index < -0.39 is 0 Å². The number of hydrogen-bond acceptors (Lipinski definition) is 6. The number of aryl methyl sites for hydroxylation is 2. The van der Waals surface area contributed by atoms with Crippen LogP contribution in [0, 0.1) is 13.8 Å². The van der Waals surface area contributed by atoms with Crippen LogP contribution in [0.3, 0.4) is 0 Å². The summed E-state index contributed by atoms with van der Waals surface area (Å²) in [6.07, 6.45) is 1.61. The Bertz CT molecular complexity index is 887. The molecular formula is C18H18N4O3. The van der Waals surface area contributed by atoms with Crippen LogP contribution >= 0.6 is 0 Å². The summed E-state index contributed by atoms with van der Waals surface area (Å²) in [7, 11) is 0. The molecule has 3 aromatic rings. The van der Waals surface area contributed by atoms with Gasteiger partial charge < -0.3 is 9.15 Å². The van der Waals surface area contributed by atoms with Crippen molar-refractivity contribution in [1.29, 1.82) is 0 Å². The van der Waals surface area contributed by atoms with Gasteiger partial charge in [0.05, 0.1) is 18.4 Å². The van der Waals surface area contributed by atoms with E-state index in [1.54, 1.807) is 29.9 Å². The maximum Gasteiger partial charge on any atom is 0.338 e. The predicted molar refractivity (Wildman–Crippen MR) is 92.6 cm³/mol. The standard InChI is InChI=1S/C18H18N4O3/c1-4-24-18(23)15-7-5-14(6-8-15)17-10-9-16(25-17)11-19-22-12(2)20-21-13(22)3/h5-11H,4H2,1-3H3/b19-11-. The number of benzene rings is 1. The minimum Gasteiger partial charge on any atom is -0.462 e. The van der Waals surface area contributed by atoms with Gasteiger partial charge in [-0.3, -0.25) is 0 Å². The van der Waals surface area contributed by atoms with E-state index in [1.807, 2.05) is 38.1 Å². The topological polar surface area (TPSA) is 82.5 Å². The normalized spacial score (nSPS) is 11.2. The van der Waals surface area contributed by atoms with Crippen molar-refractivity contribution in [2.45, 2.75) is 20.8 Å². The first kappa shape index (κ1) is 16.6. The van der Waals surface area contributed by atoms with Crippen LogP contribution in [0.4, 0.5) is 0 Å². The van der Waals surface area contributed by atoms with Gasteiger partial charge in [0.2, 0.25) is 0 Å². The Morgan fingerprint density at radius 3 is 2.48 bits per heavy atom. The van der Waals surface area contributed by atoms with Crippen LogP contribution in [-0.4, -0.2) is 33.7 Å². The third-order valence-electron chi connectivity index (χ3n) is 3.56. The van der Waals surface area contributed by atoms with E-state index >= 15 is 0 Å². The highest BCUT2D eigenvalue weighted by atomic mass is 16.5. The molecule has 128 valence electrons. The van der Waals surface area contributed by atoms with Crippen LogP contribution in [0.2, 0.25) is 0 Å². The molecule has 0 bridgehead atoms. The number of ether oxygens (including phenoxy) is 1. The smallest absolute Gasteiger partial charge is 0.338 e. The Morgan fingerprint density at radius 1 is 1.16 bits per heavy atom. The molecule has 0 saturated carbocycles. The van der Waals surface area contributed by atoms with Crippen LogP contribution in [0.25, 0.3) is 11.3 Å². The average Bonchev–Trinajstić information content (AvgIpc) is 3.21. The predicted octanol–water partition coefficient (Wildman–Crippen LogP) is 3.21. The van der Waals surface area contributed by atoms with Crippen molar-refractivity contribution in [3.63, 3.8) is 0 Å². The Labute approximate surface area is 144 Å². The van der Waals surface area contributed by atoms with Crippen molar-refractivity contribution >= 4 is 12.2 Å². The molecule has 0 saturated heterocycles. The summed E-state index contributed by atoms with van der Waals surface area (Å²) in [6, 6.07) is 10.8. The largest absolute Gasteiger partial charge is 0.462 e. The highest BCUT2D eigenvalue weighted by molar-refractivity contribution is 5.90. The van der Waals surface area contributed by atoms with Crippen LogP contribution in [0.15, 0.2) is 45.9 Å². The van der Waals surface area contributed by atoms with E-state index in [0.717, 1.165) is 5.56 Å². The van der Waals surface area contributed by atoms with E-state index in [4.69, 9.17) is 9.15 Å². The van der Waals surface area contributed by atoms with Crippen molar-refractivity contribution in [3.05, 3.63) is 59.4 Å². The van der Waals surface area contributed by atoms with Gasteiger partial charge in [-0.15, -0.1) is 10.2 Å². The lowest BCUT2D eigenvalue weighted by atomic mass is 10.1. The summed E-state index contributed by atoms with van der Waals surface area (Å²) in [4.78, 5) is 11.7. The van der Waals surface area contributed by atoms with E-state index in [9.17, 15) is 4.79 Å². The number of esters is 1. The zero-order chi connectivity index (χ0) is 17.8. The second-order valence-electron chi connectivity index (χ2n) is 5.35. The van der Waals surface area contributed by atoms with Gasteiger partial charge in [-0.1, -0.05) is 12.1 Å². The summed E-state index contributed by atoms with van der Waals surface area (Å²) in [6.45, 7) is 5.79. The van der Waals surface area contributed by atoms with Gasteiger partial charge in [0.25, 0.3) is 0 Å². The second kappa shape index (κ2) is 7.12. The van der Waals surface area contributed by atoms with Crippen molar-refractivity contribution in [1.82, 2.24) is 14.9 Å². The fourth-order valence-corrected chi connectivity index (χ4v) is 2.31. The molecule has 2 heterocycles. The van der Waals surface area contributed by atoms with E-state index in [-0.39, 0.29) is 5.97 Å². The molecule has 0 amide bonds. The highest BCUT2D eigenvalue weighted by Gasteiger charge is 2.08. The van der Waals surface area contributed by atoms with E-state index in [2.05, 4.69) is 15.3 Å². The van der Waals surface area contributed by atoms with E-state index in [1.165, 1.54) is 0 Å². The number of carbonyl (C=O) groups excluding carboxylic acids is 1. The third-order valence-corrected chi connectivity index (χ3v) is 3.56. The lowest BCUT2D eigenvalue weighted by Gasteiger charge is -2.02. The van der Waals surface area contributed by atoms with Gasteiger partial charge in [0, 0.05) is 5.56 Å². The molecule has 7 heteroatoms. The number of nitrogens with zero attached hydrogens (tertiary/aromatic N) is 4. The molecule has 0 N–H and O–H groups in total.